The van der Waals surface area contributed by atoms with E-state index in [1.165, 1.54) is 25.2 Å². The number of benzene rings is 5. The molecular weight excluding hydrogens is 1240 g/mol. The average molecular weight is 1300 g/mol. The number of rotatable bonds is 11. The molecule has 32 heteroatoms. The quantitative estimate of drug-likeness (QED) is 0.0772. The summed E-state index contributed by atoms with van der Waals surface area (Å²) in [6.45, 7) is 2.77. The van der Waals surface area contributed by atoms with E-state index in [1.54, 1.807) is 0 Å². The molecule has 1 fully saturated rings. The third-order valence-corrected chi connectivity index (χ3v) is 16.1. The third-order valence-electron chi connectivity index (χ3n) is 15.5. The van der Waals surface area contributed by atoms with Gasteiger partial charge in [0.1, 0.15) is 95.5 Å². The maximum atomic E-state index is 15.8. The largest absolute Gasteiger partial charge is 0.508 e. The fraction of sp³-hybridized carbons (Fsp3) is 0.356. The summed E-state index contributed by atoms with van der Waals surface area (Å²) in [6.07, 6.45) is -11.9. The minimum absolute atomic E-state index is 0.0726. The molecule has 1 saturated heterocycles. The zero-order valence-electron chi connectivity index (χ0n) is 48.3. The molecule has 30 nitrogen and oxygen atoms in total. The molecule has 0 saturated carbocycles. The van der Waals surface area contributed by atoms with E-state index in [4.69, 9.17) is 59.4 Å². The van der Waals surface area contributed by atoms with Crippen molar-refractivity contribution in [1.82, 2.24) is 37.2 Å². The predicted molar refractivity (Wildman–Crippen MR) is 316 cm³/mol. The normalized spacial score (nSPS) is 26.2. The van der Waals surface area contributed by atoms with Crippen LogP contribution < -0.4 is 68.6 Å². The number of ether oxygens (including phenoxy) is 4. The Morgan fingerprint density at radius 3 is 1.85 bits per heavy atom. The first-order valence-electron chi connectivity index (χ1n) is 28.1. The monoisotopic (exact) mass is 1300 g/mol. The zero-order chi connectivity index (χ0) is 66.2. The molecule has 11 bridgehead atoms. The fourth-order valence-electron chi connectivity index (χ4n) is 10.8. The van der Waals surface area contributed by atoms with Crippen molar-refractivity contribution in [3.05, 3.63) is 117 Å². The number of aromatic hydroxyl groups is 3. The van der Waals surface area contributed by atoms with E-state index in [2.05, 4.69) is 37.2 Å². The van der Waals surface area contributed by atoms with E-state index in [-0.39, 0.29) is 50.6 Å². The summed E-state index contributed by atoms with van der Waals surface area (Å²) in [5, 5.41) is 107. The summed E-state index contributed by atoms with van der Waals surface area (Å²) in [5.41, 5.74) is 15.6. The van der Waals surface area contributed by atoms with Gasteiger partial charge in [-0.2, -0.15) is 0 Å². The summed E-state index contributed by atoms with van der Waals surface area (Å²) < 4.78 is 25.2. The highest BCUT2D eigenvalue weighted by atomic mass is 35.5. The van der Waals surface area contributed by atoms with Crippen LogP contribution in [0, 0.1) is 5.92 Å². The van der Waals surface area contributed by atoms with Gasteiger partial charge < -0.3 is 114 Å². The fourth-order valence-corrected chi connectivity index (χ4v) is 11.3. The first-order valence-corrected chi connectivity index (χ1v) is 28.8. The van der Waals surface area contributed by atoms with E-state index in [0.717, 1.165) is 60.7 Å². The van der Waals surface area contributed by atoms with Crippen LogP contribution in [0.15, 0.2) is 78.9 Å². The number of carbonyl (C=O) groups is 8. The number of phenols is 3. The number of nitrogens with two attached hydrogens (primary N) is 3. The number of nitrogens with one attached hydrogen (secondary N) is 7. The van der Waals surface area contributed by atoms with Gasteiger partial charge in [0.05, 0.1) is 35.2 Å². The minimum Gasteiger partial charge on any atom is -0.508 e. The molecule has 6 aliphatic heterocycles. The van der Waals surface area contributed by atoms with Gasteiger partial charge >= 0.3 is 0 Å². The van der Waals surface area contributed by atoms with Crippen molar-refractivity contribution in [2.45, 2.75) is 112 Å². The van der Waals surface area contributed by atoms with Gasteiger partial charge in [0.25, 0.3) is 0 Å². The van der Waals surface area contributed by atoms with Gasteiger partial charge in [-0.25, -0.2) is 0 Å². The Bertz CT molecular complexity index is 3730. The lowest BCUT2D eigenvalue weighted by molar-refractivity contribution is -0.239. The van der Waals surface area contributed by atoms with Crippen LogP contribution in [-0.2, 0) is 43.1 Å². The van der Waals surface area contributed by atoms with Crippen molar-refractivity contribution >= 4 is 70.5 Å². The predicted octanol–water partition coefficient (Wildman–Crippen LogP) is -0.764. The summed E-state index contributed by atoms with van der Waals surface area (Å²) in [6, 6.07) is -1.25. The Morgan fingerprint density at radius 2 is 1.26 bits per heavy atom. The lowest BCUT2D eigenvalue weighted by Crippen LogP contribution is -2.63. The van der Waals surface area contributed by atoms with Crippen LogP contribution in [0.1, 0.15) is 84.8 Å². The van der Waals surface area contributed by atoms with Crippen LogP contribution >= 0.6 is 23.2 Å². The van der Waals surface area contributed by atoms with Gasteiger partial charge in [-0.1, -0.05) is 55.2 Å². The van der Waals surface area contributed by atoms with Gasteiger partial charge in [0.2, 0.25) is 59.3 Å². The first-order chi connectivity index (χ1) is 43.1. The van der Waals surface area contributed by atoms with Crippen molar-refractivity contribution in [3.63, 3.8) is 0 Å². The minimum atomic E-state index is -2.27. The SMILES string of the molecule is CN[C@H](CC(C)C)C(=O)N[C@H]1C(=O)N[C@@H](CC(N)=O)C(=O)N[C@H]2C(=O)N[C@H]3C(=O)N[C@H](C(=O)N[C@H](C(N)=O)c4cc(O)cc(O)c4-c4cc3ccc4O)[C@H](O)c3ccc(c(Cl)c3)Oc3cc2cc(c3O[C@@H]2O[C@H](CO)[C@@H](O)[C@H](O)[C@H]2N)Oc2ccc(cc2Cl)[C@H]1O. The molecule has 11 rings (SSSR count). The second-order valence-corrected chi connectivity index (χ2v) is 23.1. The van der Waals surface area contributed by atoms with Crippen molar-refractivity contribution in [1.29, 1.82) is 0 Å². The topological polar surface area (TPSA) is 498 Å². The molecule has 6 aliphatic rings. The molecule has 5 aromatic rings. The highest BCUT2D eigenvalue weighted by Crippen LogP contribution is 2.49. The highest BCUT2D eigenvalue weighted by molar-refractivity contribution is 6.32. The number of aliphatic hydroxyl groups excluding tert-OH is 5. The molecule has 6 heterocycles. The van der Waals surface area contributed by atoms with E-state index in [0.29, 0.717) is 0 Å². The number of phenolic OH excluding ortho intramolecular Hbond substituents is 3. The molecule has 91 heavy (non-hydrogen) atoms. The maximum absolute atomic E-state index is 15.8. The molecular formula is C59H64Cl2N10O20. The Balaban J connectivity index is 1.32. The average Bonchev–Trinajstić information content (AvgIpc) is 0.790. The van der Waals surface area contributed by atoms with E-state index in [9.17, 15) is 64.8 Å². The molecule has 0 unspecified atom stereocenters. The Labute approximate surface area is 526 Å². The number of fused-ring (bicyclic) bond motifs is 15. The number of primary amides is 2. The Kier molecular flexibility index (Phi) is 19.8. The second kappa shape index (κ2) is 27.2. The van der Waals surface area contributed by atoms with Gasteiger partial charge in [-0.15, -0.1) is 0 Å². The molecule has 484 valence electrons. The van der Waals surface area contributed by atoms with Gasteiger partial charge in [0.15, 0.2) is 11.5 Å². The van der Waals surface area contributed by atoms with Gasteiger partial charge in [-0.3, -0.25) is 38.4 Å². The van der Waals surface area contributed by atoms with Crippen LogP contribution in [0.5, 0.6) is 46.0 Å². The third kappa shape index (κ3) is 14.0. The van der Waals surface area contributed by atoms with Crippen molar-refractivity contribution < 1.29 is 98.2 Å². The van der Waals surface area contributed by atoms with E-state index < -0.39 is 202 Å². The van der Waals surface area contributed by atoms with Crippen LogP contribution in [-0.4, -0.2) is 157 Å². The van der Waals surface area contributed by atoms with Gasteiger partial charge in [-0.05, 0) is 102 Å². The molecule has 0 aromatic heterocycles. The lowest BCUT2D eigenvalue weighted by atomic mass is 9.89. The van der Waals surface area contributed by atoms with Crippen LogP contribution in [0.25, 0.3) is 11.1 Å². The zero-order valence-corrected chi connectivity index (χ0v) is 49.8. The molecule has 14 atom stereocenters. The Hall–Kier alpha value is -9.08. The van der Waals surface area contributed by atoms with Gasteiger partial charge in [0, 0.05) is 17.2 Å². The highest BCUT2D eigenvalue weighted by Gasteiger charge is 2.46. The number of hydrogen-bond donors (Lipinski definition) is 18. The van der Waals surface area contributed by atoms with Crippen LogP contribution in [0.3, 0.4) is 0 Å². The first kappa shape index (κ1) is 66.3. The number of aliphatic hydroxyl groups is 5. The van der Waals surface area contributed by atoms with E-state index in [1.807, 2.05) is 13.8 Å². The molecule has 21 N–H and O–H groups in total. The summed E-state index contributed by atoms with van der Waals surface area (Å²) >= 11 is 13.9. The van der Waals surface area contributed by atoms with Crippen molar-refractivity contribution in [2.24, 2.45) is 23.1 Å². The molecule has 0 aliphatic carbocycles. The van der Waals surface area contributed by atoms with Crippen molar-refractivity contribution in [3.8, 4) is 57.1 Å². The Morgan fingerprint density at radius 1 is 0.670 bits per heavy atom. The van der Waals surface area contributed by atoms with Crippen molar-refractivity contribution in [2.75, 3.05) is 13.7 Å². The van der Waals surface area contributed by atoms with Crippen LogP contribution in [0.4, 0.5) is 0 Å². The number of halogens is 2. The number of likely N-dealkylation sites (N-methyl/N-ethyl adjacent to an activating group) is 1. The molecule has 0 spiro atoms. The molecule has 8 amide bonds. The smallest absolute Gasteiger partial charge is 0.248 e. The number of hydrogen-bond acceptors (Lipinski definition) is 22. The van der Waals surface area contributed by atoms with Crippen LogP contribution in [0.2, 0.25) is 10.0 Å². The maximum Gasteiger partial charge on any atom is 0.248 e. The number of amides is 8. The summed E-state index contributed by atoms with van der Waals surface area (Å²) in [4.78, 5) is 116. The molecule has 0 radical (unpaired) electrons. The molecule has 5 aromatic carbocycles. The lowest BCUT2D eigenvalue weighted by Gasteiger charge is -2.40. The summed E-state index contributed by atoms with van der Waals surface area (Å²) in [5.74, 6) is -14.6. The summed E-state index contributed by atoms with van der Waals surface area (Å²) in [7, 11) is 1.48. The second-order valence-electron chi connectivity index (χ2n) is 22.3. The number of carbonyl (C=O) groups excluding carboxylic acids is 8. The standard InChI is InChI=1S/C59H64Cl2N10O20/c1-20(2)10-30(65-3)53(82)70-45-47(77)22-5-8-34(28(60)12-22)88-36-14-24-15-37(51(36)91-59-41(63)50(80)49(79)38(19-72)90-59)89-35-9-6-23(13-29(35)61)48(78)46-58(87)69-44(52(64)81)27-16-25(73)17-33(75)40(27)26-11-21(4-7-32(26)74)42(55(84)71-46)68-56(85)43(24)67-54(83)31(18-39(62)76)66-57(45)86/h4-9,11-17,20,30-31,38,41-50,59,65,72-75,77-80H,10,18-19,63H2,1-3H3,(H2,62,76)(H2,64,81)(H,66,86)(H,67,83)(H,68,85)(H,69,87)(H,70,82)(H,71,84)/t30-,31+,38-,41-,42-,43-,44+,45-,46+,47-,48-,49-,50-,59+/m1/s1. The van der Waals surface area contributed by atoms with E-state index >= 15 is 14.4 Å².